The largest absolute Gasteiger partial charge is 0.465 e. The van der Waals surface area contributed by atoms with Crippen LogP contribution in [0.5, 0.6) is 0 Å². The van der Waals surface area contributed by atoms with Crippen molar-refractivity contribution in [2.75, 3.05) is 13.7 Å². The number of carbonyl (C=O) groups is 2. The molecular weight excluding hydrogens is 198 g/mol. The fourth-order valence-electron chi connectivity index (χ4n) is 1.44. The van der Waals surface area contributed by atoms with Gasteiger partial charge in [-0.05, 0) is 6.42 Å². The standard InChI is InChI=1S/C10H15NO4/c1-7(12)15-6-8-3-4-9(5-8)11-10(13)14-2/h3-4,8-9H,5-6H2,1-2H3,(H,11,13)/t8-,9+/m1/s1. The second-order valence-corrected chi connectivity index (χ2v) is 3.43. The van der Waals surface area contributed by atoms with Crippen molar-refractivity contribution in [1.29, 1.82) is 0 Å². The molecule has 0 aromatic heterocycles. The Morgan fingerprint density at radius 1 is 1.47 bits per heavy atom. The van der Waals surface area contributed by atoms with Crippen molar-refractivity contribution < 1.29 is 19.1 Å². The van der Waals surface area contributed by atoms with E-state index in [9.17, 15) is 9.59 Å². The van der Waals surface area contributed by atoms with Crippen LogP contribution in [0.15, 0.2) is 12.2 Å². The monoisotopic (exact) mass is 213 g/mol. The molecule has 5 heteroatoms. The Morgan fingerprint density at radius 3 is 2.80 bits per heavy atom. The fourth-order valence-corrected chi connectivity index (χ4v) is 1.44. The summed E-state index contributed by atoms with van der Waals surface area (Å²) in [5.74, 6) is -0.108. The summed E-state index contributed by atoms with van der Waals surface area (Å²) in [6.07, 6.45) is 4.11. The van der Waals surface area contributed by atoms with Crippen LogP contribution in [0.2, 0.25) is 0 Å². The molecule has 0 heterocycles. The lowest BCUT2D eigenvalue weighted by Gasteiger charge is -2.12. The van der Waals surface area contributed by atoms with Crippen molar-refractivity contribution in [3.8, 4) is 0 Å². The molecule has 0 saturated heterocycles. The topological polar surface area (TPSA) is 64.6 Å². The van der Waals surface area contributed by atoms with Gasteiger partial charge in [-0.3, -0.25) is 4.79 Å². The van der Waals surface area contributed by atoms with Gasteiger partial charge in [0.2, 0.25) is 0 Å². The molecule has 1 amide bonds. The SMILES string of the molecule is COC(=O)N[C@H]1C=C[C@@H](COC(C)=O)C1. The minimum Gasteiger partial charge on any atom is -0.465 e. The number of amides is 1. The van der Waals surface area contributed by atoms with Crippen LogP contribution in [-0.4, -0.2) is 31.8 Å². The Morgan fingerprint density at radius 2 is 2.20 bits per heavy atom. The van der Waals surface area contributed by atoms with Gasteiger partial charge in [0.25, 0.3) is 0 Å². The van der Waals surface area contributed by atoms with Crippen LogP contribution in [-0.2, 0) is 14.3 Å². The molecule has 0 saturated carbocycles. The molecule has 0 bridgehead atoms. The molecule has 1 N–H and O–H groups in total. The van der Waals surface area contributed by atoms with E-state index in [0.717, 1.165) is 6.42 Å². The predicted molar refractivity (Wildman–Crippen MR) is 53.2 cm³/mol. The molecular formula is C10H15NO4. The number of hydrogen-bond acceptors (Lipinski definition) is 4. The molecule has 0 aromatic carbocycles. The zero-order valence-corrected chi connectivity index (χ0v) is 8.86. The minimum atomic E-state index is -0.446. The van der Waals surface area contributed by atoms with E-state index in [1.807, 2.05) is 12.2 Å². The normalized spacial score (nSPS) is 23.6. The van der Waals surface area contributed by atoms with Gasteiger partial charge in [-0.25, -0.2) is 4.79 Å². The van der Waals surface area contributed by atoms with Gasteiger partial charge in [-0.2, -0.15) is 0 Å². The highest BCUT2D eigenvalue weighted by Gasteiger charge is 2.21. The zero-order valence-electron chi connectivity index (χ0n) is 8.86. The van der Waals surface area contributed by atoms with Gasteiger partial charge in [0.05, 0.1) is 19.8 Å². The highest BCUT2D eigenvalue weighted by Crippen LogP contribution is 2.18. The van der Waals surface area contributed by atoms with E-state index >= 15 is 0 Å². The number of ether oxygens (including phenoxy) is 2. The summed E-state index contributed by atoms with van der Waals surface area (Å²) in [6, 6.07) is -0.0296. The third kappa shape index (κ3) is 4.01. The van der Waals surface area contributed by atoms with Crippen molar-refractivity contribution >= 4 is 12.1 Å². The molecule has 0 fully saturated rings. The van der Waals surface area contributed by atoms with Crippen LogP contribution >= 0.6 is 0 Å². The van der Waals surface area contributed by atoms with Crippen LogP contribution in [0.4, 0.5) is 4.79 Å². The average Bonchev–Trinajstić information content (AvgIpc) is 2.62. The number of esters is 1. The average molecular weight is 213 g/mol. The Balaban J connectivity index is 2.25. The van der Waals surface area contributed by atoms with E-state index in [0.29, 0.717) is 6.61 Å². The maximum absolute atomic E-state index is 10.9. The molecule has 0 aromatic rings. The van der Waals surface area contributed by atoms with Gasteiger partial charge in [-0.15, -0.1) is 0 Å². The minimum absolute atomic E-state index is 0.0296. The molecule has 0 spiro atoms. The first-order valence-electron chi connectivity index (χ1n) is 4.78. The molecule has 5 nitrogen and oxygen atoms in total. The summed E-state index contributed by atoms with van der Waals surface area (Å²) in [5.41, 5.74) is 0. The first kappa shape index (κ1) is 11.6. The number of methoxy groups -OCH3 is 1. The van der Waals surface area contributed by atoms with Crippen LogP contribution in [0.25, 0.3) is 0 Å². The van der Waals surface area contributed by atoms with Gasteiger partial charge in [0, 0.05) is 12.8 Å². The smallest absolute Gasteiger partial charge is 0.407 e. The Hall–Kier alpha value is -1.52. The van der Waals surface area contributed by atoms with Gasteiger partial charge in [0.1, 0.15) is 0 Å². The van der Waals surface area contributed by atoms with Crippen molar-refractivity contribution in [2.45, 2.75) is 19.4 Å². The molecule has 0 unspecified atom stereocenters. The summed E-state index contributed by atoms with van der Waals surface area (Å²) < 4.78 is 9.35. The van der Waals surface area contributed by atoms with Crippen LogP contribution < -0.4 is 5.32 Å². The highest BCUT2D eigenvalue weighted by molar-refractivity contribution is 5.67. The third-order valence-electron chi connectivity index (χ3n) is 2.16. The Bertz CT molecular complexity index is 275. The molecule has 0 aliphatic heterocycles. The number of rotatable bonds is 3. The molecule has 1 rings (SSSR count). The number of carbonyl (C=O) groups excluding carboxylic acids is 2. The molecule has 15 heavy (non-hydrogen) atoms. The van der Waals surface area contributed by atoms with Crippen LogP contribution in [0, 0.1) is 5.92 Å². The second kappa shape index (κ2) is 5.38. The van der Waals surface area contributed by atoms with Gasteiger partial charge in [-0.1, -0.05) is 12.2 Å². The summed E-state index contributed by atoms with van der Waals surface area (Å²) in [5, 5.41) is 2.66. The van der Waals surface area contributed by atoms with Crippen LogP contribution in [0.3, 0.4) is 0 Å². The molecule has 1 aliphatic carbocycles. The quantitative estimate of drug-likeness (QED) is 0.557. The molecule has 84 valence electrons. The summed E-state index contributed by atoms with van der Waals surface area (Å²) in [6.45, 7) is 1.74. The van der Waals surface area contributed by atoms with Crippen molar-refractivity contribution in [1.82, 2.24) is 5.32 Å². The lowest BCUT2D eigenvalue weighted by molar-refractivity contribution is -0.141. The van der Waals surface area contributed by atoms with E-state index in [2.05, 4.69) is 10.1 Å². The first-order chi connectivity index (χ1) is 7.11. The van der Waals surface area contributed by atoms with Gasteiger partial charge in [0.15, 0.2) is 0 Å². The Kier molecular flexibility index (Phi) is 4.15. The van der Waals surface area contributed by atoms with E-state index in [1.54, 1.807) is 0 Å². The lowest BCUT2D eigenvalue weighted by Crippen LogP contribution is -2.32. The second-order valence-electron chi connectivity index (χ2n) is 3.43. The van der Waals surface area contributed by atoms with Gasteiger partial charge >= 0.3 is 12.1 Å². The Labute approximate surface area is 88.4 Å². The molecule has 0 radical (unpaired) electrons. The number of alkyl carbamates (subject to hydrolysis) is 1. The fraction of sp³-hybridized carbons (Fsp3) is 0.600. The van der Waals surface area contributed by atoms with E-state index in [-0.39, 0.29) is 17.9 Å². The lowest BCUT2D eigenvalue weighted by atomic mass is 10.1. The zero-order chi connectivity index (χ0) is 11.3. The van der Waals surface area contributed by atoms with E-state index < -0.39 is 6.09 Å². The van der Waals surface area contributed by atoms with Crippen molar-refractivity contribution in [3.05, 3.63) is 12.2 Å². The maximum Gasteiger partial charge on any atom is 0.407 e. The number of nitrogens with one attached hydrogen (secondary N) is 1. The van der Waals surface area contributed by atoms with E-state index in [1.165, 1.54) is 14.0 Å². The maximum atomic E-state index is 10.9. The first-order valence-corrected chi connectivity index (χ1v) is 4.78. The number of hydrogen-bond donors (Lipinski definition) is 1. The van der Waals surface area contributed by atoms with Crippen LogP contribution in [0.1, 0.15) is 13.3 Å². The summed E-state index contributed by atoms with van der Waals surface area (Å²) in [4.78, 5) is 21.5. The van der Waals surface area contributed by atoms with E-state index in [4.69, 9.17) is 4.74 Å². The summed E-state index contributed by atoms with van der Waals surface area (Å²) >= 11 is 0. The van der Waals surface area contributed by atoms with Crippen molar-refractivity contribution in [2.24, 2.45) is 5.92 Å². The third-order valence-corrected chi connectivity index (χ3v) is 2.16. The predicted octanol–water partition coefficient (Wildman–Crippen LogP) is 0.850. The molecule has 1 aliphatic rings. The van der Waals surface area contributed by atoms with Crippen molar-refractivity contribution in [3.63, 3.8) is 0 Å². The summed E-state index contributed by atoms with van der Waals surface area (Å²) in [7, 11) is 1.32. The molecule has 2 atom stereocenters. The van der Waals surface area contributed by atoms with Gasteiger partial charge < -0.3 is 14.8 Å². The highest BCUT2D eigenvalue weighted by atomic mass is 16.5.